The molecule has 2 amide bonds. The Morgan fingerprint density at radius 2 is 1.76 bits per heavy atom. The van der Waals surface area contributed by atoms with Crippen LogP contribution in [0.4, 0.5) is 16.2 Å². The van der Waals surface area contributed by atoms with Gasteiger partial charge in [0.25, 0.3) is 0 Å². The van der Waals surface area contributed by atoms with E-state index in [1.165, 1.54) is 79.2 Å². The molecular formula is C30H45N5O2S. The Morgan fingerprint density at radius 1 is 1.03 bits per heavy atom. The number of hydrogen-bond donors (Lipinski definition) is 3. The summed E-state index contributed by atoms with van der Waals surface area (Å²) in [6.45, 7) is 5.04. The molecule has 208 valence electrons. The van der Waals surface area contributed by atoms with Crippen molar-refractivity contribution in [3.63, 3.8) is 0 Å². The molecule has 0 radical (unpaired) electrons. The number of fused-ring (bicyclic) bond motifs is 1. The van der Waals surface area contributed by atoms with Crippen molar-refractivity contribution in [2.75, 3.05) is 56.5 Å². The predicted octanol–water partition coefficient (Wildman–Crippen LogP) is 5.25. The number of thiophene rings is 1. The highest BCUT2D eigenvalue weighted by Gasteiger charge is 2.46. The minimum atomic E-state index is -0.505. The fourth-order valence-electron chi connectivity index (χ4n) is 7.79. The zero-order chi connectivity index (χ0) is 26.2. The third kappa shape index (κ3) is 5.11. The lowest BCUT2D eigenvalue weighted by atomic mass is 9.79. The molecule has 38 heavy (non-hydrogen) atoms. The molecule has 3 heterocycles. The number of likely N-dealkylation sites (tertiary alicyclic amines) is 1. The number of piperazine rings is 1. The smallest absolute Gasteiger partial charge is 0.317 e. The second kappa shape index (κ2) is 10.9. The minimum Gasteiger partial charge on any atom is -0.389 e. The topological polar surface area (TPSA) is 71.1 Å². The van der Waals surface area contributed by atoms with Crippen LogP contribution >= 0.6 is 11.3 Å². The number of urea groups is 1. The van der Waals surface area contributed by atoms with Gasteiger partial charge >= 0.3 is 6.03 Å². The number of hydrogen-bond acceptors (Lipinski definition) is 6. The van der Waals surface area contributed by atoms with Crippen LogP contribution < -0.4 is 15.5 Å². The average Bonchev–Trinajstić information content (AvgIpc) is 3.58. The average molecular weight is 540 g/mol. The number of carbonyl (C=O) groups is 1. The highest BCUT2D eigenvalue weighted by atomic mass is 32.1. The molecule has 2 saturated carbocycles. The highest BCUT2D eigenvalue weighted by Crippen LogP contribution is 2.45. The summed E-state index contributed by atoms with van der Waals surface area (Å²) in [4.78, 5) is 19.2. The Bertz CT molecular complexity index is 1120. The molecule has 4 fully saturated rings. The molecule has 0 bridgehead atoms. The third-order valence-corrected chi connectivity index (χ3v) is 10.9. The molecule has 8 heteroatoms. The first-order valence-corrected chi connectivity index (χ1v) is 15.8. The number of piperidine rings is 1. The van der Waals surface area contributed by atoms with Crippen LogP contribution in [0.1, 0.15) is 70.6 Å². The van der Waals surface area contributed by atoms with E-state index in [1.807, 2.05) is 16.2 Å². The zero-order valence-electron chi connectivity index (χ0n) is 23.0. The van der Waals surface area contributed by atoms with E-state index >= 15 is 0 Å². The Hall–Kier alpha value is -2.03. The molecule has 1 aromatic heterocycles. The summed E-state index contributed by atoms with van der Waals surface area (Å²) >= 11 is 1.82. The molecule has 2 aromatic rings. The molecule has 1 atom stereocenters. The fraction of sp³-hybridized carbons (Fsp3) is 0.700. The summed E-state index contributed by atoms with van der Waals surface area (Å²) in [7, 11) is 1.70. The van der Waals surface area contributed by atoms with Crippen molar-refractivity contribution in [3.05, 3.63) is 23.6 Å². The van der Waals surface area contributed by atoms with Gasteiger partial charge in [0.2, 0.25) is 0 Å². The van der Waals surface area contributed by atoms with Gasteiger partial charge in [-0.2, -0.15) is 0 Å². The standard InChI is InChI=1S/C30H45N5O2S/c1-31-28(36)34-18-16-33(17-19-34)25-8-7-9-26-27(25)24(21-38-26)32-23-10-15-29(11-5-6-12-29)35(20-23)22-30(37)13-3-2-4-14-30/h7-9,21,23,32,37H,2-6,10-20,22H2,1H3,(H,31,36). The quantitative estimate of drug-likeness (QED) is 0.484. The fourth-order valence-corrected chi connectivity index (χ4v) is 8.71. The Morgan fingerprint density at radius 3 is 2.50 bits per heavy atom. The van der Waals surface area contributed by atoms with Crippen molar-refractivity contribution < 1.29 is 9.90 Å². The van der Waals surface area contributed by atoms with Gasteiger partial charge in [-0.3, -0.25) is 4.90 Å². The van der Waals surface area contributed by atoms with Crippen LogP contribution in [0, 0.1) is 0 Å². The van der Waals surface area contributed by atoms with Gasteiger partial charge in [0.05, 0.1) is 11.3 Å². The Kier molecular flexibility index (Phi) is 7.49. The SMILES string of the molecule is CNC(=O)N1CCN(c2cccc3scc(NC4CCC5(CCCC5)N(CC5(O)CCCCC5)C4)c23)CC1. The van der Waals surface area contributed by atoms with Gasteiger partial charge in [-0.25, -0.2) is 4.79 Å². The summed E-state index contributed by atoms with van der Waals surface area (Å²) < 4.78 is 1.31. The van der Waals surface area contributed by atoms with E-state index in [4.69, 9.17) is 0 Å². The summed E-state index contributed by atoms with van der Waals surface area (Å²) in [5.41, 5.74) is 2.32. The summed E-state index contributed by atoms with van der Waals surface area (Å²) in [5.74, 6) is 0. The lowest BCUT2D eigenvalue weighted by Gasteiger charge is -2.51. The van der Waals surface area contributed by atoms with Gasteiger partial charge in [0.15, 0.2) is 0 Å². The maximum absolute atomic E-state index is 12.1. The van der Waals surface area contributed by atoms with E-state index in [-0.39, 0.29) is 6.03 Å². The number of anilines is 2. The van der Waals surface area contributed by atoms with Crippen molar-refractivity contribution in [3.8, 4) is 0 Å². The van der Waals surface area contributed by atoms with Crippen molar-refractivity contribution >= 4 is 38.8 Å². The highest BCUT2D eigenvalue weighted by molar-refractivity contribution is 7.18. The number of benzene rings is 1. The molecule has 2 saturated heterocycles. The summed E-state index contributed by atoms with van der Waals surface area (Å²) in [6, 6.07) is 7.05. The maximum atomic E-state index is 12.1. The predicted molar refractivity (Wildman–Crippen MR) is 158 cm³/mol. The molecular weight excluding hydrogens is 494 g/mol. The number of amides is 2. The first-order valence-electron chi connectivity index (χ1n) is 14.9. The molecule has 4 aliphatic rings. The minimum absolute atomic E-state index is 0.0144. The normalized spacial score (nSPS) is 25.7. The van der Waals surface area contributed by atoms with Crippen LogP contribution in [0.5, 0.6) is 0 Å². The van der Waals surface area contributed by atoms with E-state index in [0.29, 0.717) is 11.6 Å². The Labute approximate surface area is 231 Å². The van der Waals surface area contributed by atoms with Crippen LogP contribution in [0.25, 0.3) is 10.1 Å². The zero-order valence-corrected chi connectivity index (χ0v) is 23.8. The van der Waals surface area contributed by atoms with Crippen molar-refractivity contribution in [2.24, 2.45) is 0 Å². The van der Waals surface area contributed by atoms with Crippen LogP contribution in [-0.4, -0.2) is 84.4 Å². The molecule has 1 spiro atoms. The van der Waals surface area contributed by atoms with E-state index in [2.05, 4.69) is 44.0 Å². The van der Waals surface area contributed by atoms with Crippen LogP contribution in [0.15, 0.2) is 23.6 Å². The Balaban J connectivity index is 1.20. The molecule has 6 rings (SSSR count). The first-order chi connectivity index (χ1) is 18.5. The van der Waals surface area contributed by atoms with Gasteiger partial charge in [-0.15, -0.1) is 11.3 Å². The monoisotopic (exact) mass is 539 g/mol. The number of nitrogens with one attached hydrogen (secondary N) is 2. The summed E-state index contributed by atoms with van der Waals surface area (Å²) in [5, 5.41) is 21.9. The van der Waals surface area contributed by atoms with Crippen LogP contribution in [0.2, 0.25) is 0 Å². The number of carbonyl (C=O) groups excluding carboxylic acids is 1. The van der Waals surface area contributed by atoms with Gasteiger partial charge in [-0.1, -0.05) is 38.2 Å². The number of rotatable bonds is 5. The molecule has 2 aliphatic carbocycles. The molecule has 7 nitrogen and oxygen atoms in total. The van der Waals surface area contributed by atoms with Gasteiger partial charge < -0.3 is 25.5 Å². The molecule has 2 aliphatic heterocycles. The van der Waals surface area contributed by atoms with E-state index in [1.54, 1.807) is 7.05 Å². The van der Waals surface area contributed by atoms with Crippen molar-refractivity contribution in [2.45, 2.75) is 87.8 Å². The van der Waals surface area contributed by atoms with Gasteiger partial charge in [-0.05, 0) is 50.7 Å². The van der Waals surface area contributed by atoms with Crippen LogP contribution in [0.3, 0.4) is 0 Å². The maximum Gasteiger partial charge on any atom is 0.317 e. The lowest BCUT2D eigenvalue weighted by Crippen LogP contribution is -2.60. The van der Waals surface area contributed by atoms with E-state index in [9.17, 15) is 9.90 Å². The van der Waals surface area contributed by atoms with Gasteiger partial charge in [0, 0.05) is 79.1 Å². The second-order valence-electron chi connectivity index (χ2n) is 12.3. The molecule has 3 N–H and O–H groups in total. The summed E-state index contributed by atoms with van der Waals surface area (Å²) in [6.07, 6.45) is 13.2. The number of β-amino-alcohol motifs (C(OH)–C–C–N with tert-alkyl or cyclic N) is 1. The second-order valence-corrected chi connectivity index (χ2v) is 13.2. The van der Waals surface area contributed by atoms with Gasteiger partial charge in [0.1, 0.15) is 0 Å². The van der Waals surface area contributed by atoms with E-state index in [0.717, 1.165) is 52.1 Å². The lowest BCUT2D eigenvalue weighted by molar-refractivity contribution is -0.0675. The van der Waals surface area contributed by atoms with E-state index < -0.39 is 5.60 Å². The first kappa shape index (κ1) is 26.2. The van der Waals surface area contributed by atoms with Crippen molar-refractivity contribution in [1.29, 1.82) is 0 Å². The number of aliphatic hydroxyl groups is 1. The van der Waals surface area contributed by atoms with Crippen molar-refractivity contribution in [1.82, 2.24) is 15.1 Å². The third-order valence-electron chi connectivity index (χ3n) is 9.93. The van der Waals surface area contributed by atoms with Crippen LogP contribution in [-0.2, 0) is 0 Å². The largest absolute Gasteiger partial charge is 0.389 e. The number of nitrogens with zero attached hydrogens (tertiary/aromatic N) is 3. The molecule has 1 aromatic carbocycles. The molecule has 1 unspecified atom stereocenters.